The van der Waals surface area contributed by atoms with E-state index in [1.165, 1.54) is 12.8 Å². The van der Waals surface area contributed by atoms with E-state index >= 15 is 0 Å². The Morgan fingerprint density at radius 2 is 1.67 bits per heavy atom. The maximum Gasteiger partial charge on any atom is 0.309 e. The van der Waals surface area contributed by atoms with Gasteiger partial charge < -0.3 is 9.84 Å². The first kappa shape index (κ1) is 12.5. The Balaban J connectivity index is 1.80. The Morgan fingerprint density at radius 1 is 1.06 bits per heavy atom. The topological polar surface area (TPSA) is 46.5 Å². The van der Waals surface area contributed by atoms with Crippen LogP contribution in [0.15, 0.2) is 0 Å². The smallest absolute Gasteiger partial charge is 0.309 e. The molecule has 1 unspecified atom stereocenters. The van der Waals surface area contributed by atoms with E-state index in [4.69, 9.17) is 4.74 Å². The lowest BCUT2D eigenvalue weighted by Crippen LogP contribution is -2.46. The van der Waals surface area contributed by atoms with Crippen molar-refractivity contribution in [1.29, 1.82) is 0 Å². The van der Waals surface area contributed by atoms with Crippen molar-refractivity contribution in [3.8, 4) is 0 Å². The normalized spacial score (nSPS) is 33.9. The Kier molecular flexibility index (Phi) is 3.13. The molecule has 0 aromatic heterocycles. The van der Waals surface area contributed by atoms with Crippen molar-refractivity contribution in [3.63, 3.8) is 0 Å². The molecule has 1 heterocycles. The highest BCUT2D eigenvalue weighted by atomic mass is 16.5. The molecule has 0 aromatic rings. The highest BCUT2D eigenvalue weighted by Gasteiger charge is 2.52. The average molecular weight is 252 g/mol. The SMILES string of the molecule is O=C(O)C1(C2CCOC3(CCCC3)C2)CCCC1. The number of rotatable bonds is 2. The van der Waals surface area contributed by atoms with E-state index < -0.39 is 11.4 Å². The van der Waals surface area contributed by atoms with Crippen LogP contribution in [0.4, 0.5) is 0 Å². The summed E-state index contributed by atoms with van der Waals surface area (Å²) in [5.41, 5.74) is -0.368. The molecule has 1 spiro atoms. The molecule has 3 nitrogen and oxygen atoms in total. The Bertz CT molecular complexity index is 325. The summed E-state index contributed by atoms with van der Waals surface area (Å²) in [6.45, 7) is 0.777. The first-order chi connectivity index (χ1) is 8.67. The van der Waals surface area contributed by atoms with Crippen molar-refractivity contribution in [2.45, 2.75) is 69.8 Å². The number of hydrogen-bond donors (Lipinski definition) is 1. The van der Waals surface area contributed by atoms with Crippen molar-refractivity contribution in [2.24, 2.45) is 11.3 Å². The van der Waals surface area contributed by atoms with Gasteiger partial charge in [0.1, 0.15) is 0 Å². The Morgan fingerprint density at radius 3 is 2.28 bits per heavy atom. The van der Waals surface area contributed by atoms with Crippen LogP contribution >= 0.6 is 0 Å². The van der Waals surface area contributed by atoms with Crippen LogP contribution in [0.1, 0.15) is 64.2 Å². The maximum atomic E-state index is 11.8. The standard InChI is InChI=1S/C15H24O3/c16-13(17)15(8-3-4-9-15)12-5-10-18-14(11-12)6-1-2-7-14/h12H,1-11H2,(H,16,17). The van der Waals surface area contributed by atoms with E-state index in [2.05, 4.69) is 0 Å². The molecule has 0 bridgehead atoms. The fourth-order valence-electron chi connectivity index (χ4n) is 4.67. The third-order valence-corrected chi connectivity index (χ3v) is 5.71. The fraction of sp³-hybridized carbons (Fsp3) is 0.933. The van der Waals surface area contributed by atoms with Crippen molar-refractivity contribution >= 4 is 5.97 Å². The molecule has 2 aliphatic carbocycles. The predicted molar refractivity (Wildman–Crippen MR) is 68.4 cm³/mol. The molecule has 0 amide bonds. The molecule has 1 N–H and O–H groups in total. The second kappa shape index (κ2) is 4.52. The van der Waals surface area contributed by atoms with Crippen molar-refractivity contribution in [1.82, 2.24) is 0 Å². The second-order valence-electron chi connectivity index (χ2n) is 6.60. The molecule has 102 valence electrons. The first-order valence-electron chi connectivity index (χ1n) is 7.54. The van der Waals surface area contributed by atoms with Crippen molar-refractivity contribution in [3.05, 3.63) is 0 Å². The monoisotopic (exact) mass is 252 g/mol. The van der Waals surface area contributed by atoms with Gasteiger partial charge in [0.2, 0.25) is 0 Å². The van der Waals surface area contributed by atoms with Crippen LogP contribution in [-0.2, 0) is 9.53 Å². The van der Waals surface area contributed by atoms with Gasteiger partial charge in [-0.05, 0) is 44.4 Å². The summed E-state index contributed by atoms with van der Waals surface area (Å²) in [5.74, 6) is -0.190. The van der Waals surface area contributed by atoms with E-state index in [0.29, 0.717) is 5.92 Å². The van der Waals surface area contributed by atoms with Crippen LogP contribution in [0.25, 0.3) is 0 Å². The summed E-state index contributed by atoms with van der Waals surface area (Å²) in [6, 6.07) is 0. The fourth-order valence-corrected chi connectivity index (χ4v) is 4.67. The number of aliphatic carboxylic acids is 1. The van der Waals surface area contributed by atoms with Crippen LogP contribution < -0.4 is 0 Å². The molecule has 2 saturated carbocycles. The highest BCUT2D eigenvalue weighted by molar-refractivity contribution is 5.75. The molecule has 0 aromatic carbocycles. The Hall–Kier alpha value is -0.570. The molecule has 3 fully saturated rings. The minimum absolute atomic E-state index is 0.0496. The zero-order valence-corrected chi connectivity index (χ0v) is 11.1. The molecule has 3 rings (SSSR count). The highest BCUT2D eigenvalue weighted by Crippen LogP contribution is 2.53. The molecule has 0 radical (unpaired) electrons. The molecule has 1 aliphatic heterocycles. The quantitative estimate of drug-likeness (QED) is 0.819. The minimum Gasteiger partial charge on any atom is -0.481 e. The summed E-state index contributed by atoms with van der Waals surface area (Å²) in [4.78, 5) is 11.8. The van der Waals surface area contributed by atoms with Gasteiger partial charge in [0.15, 0.2) is 0 Å². The summed E-state index contributed by atoms with van der Waals surface area (Å²) >= 11 is 0. The molecule has 3 aliphatic rings. The van der Waals surface area contributed by atoms with Gasteiger partial charge in [-0.3, -0.25) is 4.79 Å². The number of carbonyl (C=O) groups is 1. The molecular formula is C15H24O3. The van der Waals surface area contributed by atoms with Crippen LogP contribution in [0.3, 0.4) is 0 Å². The van der Waals surface area contributed by atoms with Crippen LogP contribution in [0.2, 0.25) is 0 Å². The van der Waals surface area contributed by atoms with E-state index in [1.807, 2.05) is 0 Å². The summed E-state index contributed by atoms with van der Waals surface area (Å²) in [7, 11) is 0. The molecule has 18 heavy (non-hydrogen) atoms. The first-order valence-corrected chi connectivity index (χ1v) is 7.54. The number of carboxylic acid groups (broad SMARTS) is 1. The lowest BCUT2D eigenvalue weighted by atomic mass is 9.66. The lowest BCUT2D eigenvalue weighted by Gasteiger charge is -2.44. The van der Waals surface area contributed by atoms with Crippen LogP contribution in [0, 0.1) is 11.3 Å². The Labute approximate surface area is 109 Å². The third-order valence-electron chi connectivity index (χ3n) is 5.71. The zero-order chi connectivity index (χ0) is 12.6. The number of hydrogen-bond acceptors (Lipinski definition) is 2. The largest absolute Gasteiger partial charge is 0.481 e. The van der Waals surface area contributed by atoms with Crippen LogP contribution in [-0.4, -0.2) is 23.3 Å². The molecule has 1 atom stereocenters. The molecular weight excluding hydrogens is 228 g/mol. The van der Waals surface area contributed by atoms with Gasteiger partial charge >= 0.3 is 5.97 Å². The van der Waals surface area contributed by atoms with Gasteiger partial charge in [-0.1, -0.05) is 25.7 Å². The van der Waals surface area contributed by atoms with Gasteiger partial charge in [-0.2, -0.15) is 0 Å². The number of ether oxygens (including phenoxy) is 1. The lowest BCUT2D eigenvalue weighted by molar-refractivity contribution is -0.162. The van der Waals surface area contributed by atoms with E-state index in [1.54, 1.807) is 0 Å². The minimum atomic E-state index is -0.542. The molecule has 1 saturated heterocycles. The van der Waals surface area contributed by atoms with Crippen LogP contribution in [0.5, 0.6) is 0 Å². The second-order valence-corrected chi connectivity index (χ2v) is 6.60. The van der Waals surface area contributed by atoms with Gasteiger partial charge in [-0.15, -0.1) is 0 Å². The van der Waals surface area contributed by atoms with Gasteiger partial charge in [0, 0.05) is 6.61 Å². The average Bonchev–Trinajstić information content (AvgIpc) is 2.99. The van der Waals surface area contributed by atoms with Crippen molar-refractivity contribution in [2.75, 3.05) is 6.61 Å². The van der Waals surface area contributed by atoms with E-state index in [9.17, 15) is 9.90 Å². The van der Waals surface area contributed by atoms with Crippen molar-refractivity contribution < 1.29 is 14.6 Å². The predicted octanol–water partition coefficient (Wildman–Crippen LogP) is 3.37. The molecule has 3 heteroatoms. The zero-order valence-electron chi connectivity index (χ0n) is 11.1. The van der Waals surface area contributed by atoms with E-state index in [-0.39, 0.29) is 5.60 Å². The summed E-state index contributed by atoms with van der Waals surface area (Å²) in [5, 5.41) is 9.71. The maximum absolute atomic E-state index is 11.8. The number of carboxylic acids is 1. The van der Waals surface area contributed by atoms with Gasteiger partial charge in [0.05, 0.1) is 11.0 Å². The van der Waals surface area contributed by atoms with Gasteiger partial charge in [-0.25, -0.2) is 0 Å². The summed E-state index contributed by atoms with van der Waals surface area (Å²) < 4.78 is 6.05. The summed E-state index contributed by atoms with van der Waals surface area (Å²) in [6.07, 6.45) is 10.7. The van der Waals surface area contributed by atoms with E-state index in [0.717, 1.165) is 58.0 Å². The van der Waals surface area contributed by atoms with Gasteiger partial charge in [0.25, 0.3) is 0 Å². The third kappa shape index (κ3) is 1.87.